The number of anilines is 2. The molecule has 4 aromatic rings. The topological polar surface area (TPSA) is 123 Å². The fourth-order valence-corrected chi connectivity index (χ4v) is 6.34. The van der Waals surface area contributed by atoms with Crippen molar-refractivity contribution in [3.05, 3.63) is 112 Å². The van der Waals surface area contributed by atoms with Gasteiger partial charge in [0.05, 0.1) is 42.3 Å². The summed E-state index contributed by atoms with van der Waals surface area (Å²) in [6.45, 7) is 0. The van der Waals surface area contributed by atoms with E-state index in [1.165, 1.54) is 51.3 Å². The lowest BCUT2D eigenvalue weighted by atomic mass is 10.1. The van der Waals surface area contributed by atoms with Crippen molar-refractivity contribution < 1.29 is 33.4 Å². The van der Waals surface area contributed by atoms with E-state index < -0.39 is 23.0 Å². The molecule has 48 heavy (non-hydrogen) atoms. The molecule has 0 spiro atoms. The molecule has 1 fully saturated rings. The molecule has 4 aromatic carbocycles. The first kappa shape index (κ1) is 34.4. The first-order valence-corrected chi connectivity index (χ1v) is 16.0. The van der Waals surface area contributed by atoms with Gasteiger partial charge in [-0.2, -0.15) is 0 Å². The molecular formula is C35H29Cl2N3O7S. The van der Waals surface area contributed by atoms with Crippen LogP contribution in [-0.4, -0.2) is 50.2 Å². The Morgan fingerprint density at radius 3 is 2.29 bits per heavy atom. The Hall–Kier alpha value is -4.97. The zero-order chi connectivity index (χ0) is 34.4. The Labute approximate surface area is 290 Å². The quantitative estimate of drug-likeness (QED) is 0.128. The minimum absolute atomic E-state index is 0.0219. The molecule has 5 rings (SSSR count). The Kier molecular flexibility index (Phi) is 10.9. The summed E-state index contributed by atoms with van der Waals surface area (Å²) in [5, 5.41) is 5.36. The molecule has 0 aliphatic carbocycles. The zero-order valence-electron chi connectivity index (χ0n) is 25.9. The zero-order valence-corrected chi connectivity index (χ0v) is 28.2. The molecule has 1 saturated heterocycles. The summed E-state index contributed by atoms with van der Waals surface area (Å²) in [4.78, 5) is 54.7. The average molecular weight is 707 g/mol. The molecule has 0 aromatic heterocycles. The van der Waals surface area contributed by atoms with Crippen LogP contribution in [0.5, 0.6) is 17.2 Å². The number of halogens is 2. The third kappa shape index (κ3) is 7.60. The van der Waals surface area contributed by atoms with Crippen LogP contribution in [0.25, 0.3) is 6.08 Å². The monoisotopic (exact) mass is 705 g/mol. The van der Waals surface area contributed by atoms with Crippen LogP contribution in [0.4, 0.5) is 11.4 Å². The van der Waals surface area contributed by atoms with E-state index in [-0.39, 0.29) is 23.0 Å². The van der Waals surface area contributed by atoms with Gasteiger partial charge in [0, 0.05) is 28.1 Å². The van der Waals surface area contributed by atoms with Gasteiger partial charge < -0.3 is 24.8 Å². The van der Waals surface area contributed by atoms with Crippen LogP contribution in [-0.2, 0) is 14.4 Å². The Bertz CT molecular complexity index is 1920. The molecule has 1 heterocycles. The van der Waals surface area contributed by atoms with E-state index in [4.69, 9.17) is 37.4 Å². The first-order valence-electron chi connectivity index (χ1n) is 14.4. The fraction of sp³-hybridized carbons (Fsp3) is 0.143. The first-order chi connectivity index (χ1) is 23.1. The van der Waals surface area contributed by atoms with Crippen molar-refractivity contribution in [2.75, 3.05) is 31.5 Å². The summed E-state index contributed by atoms with van der Waals surface area (Å²) in [5.74, 6) is -0.869. The molecule has 1 unspecified atom stereocenters. The maximum Gasteiger partial charge on any atom is 0.272 e. The van der Waals surface area contributed by atoms with E-state index in [1.54, 1.807) is 72.8 Å². The van der Waals surface area contributed by atoms with E-state index in [0.717, 1.165) is 4.90 Å². The standard InChI is InChI=1S/C35H29Cl2N3O7S/c1-45-28-15-12-21(31(46-2)32(28)47-3)16-27(39-33(42)20-8-5-4-6-9-20)34(43)38-22-10-7-11-24(17-22)48-29-19-30(41)40(35(29)44)23-13-14-25(36)26(37)18-23/h4-18,29H,19H2,1-3H3,(H,38,43)(H,39,42). The lowest BCUT2D eigenvalue weighted by Crippen LogP contribution is -2.31. The third-order valence-corrected chi connectivity index (χ3v) is 9.12. The highest BCUT2D eigenvalue weighted by atomic mass is 35.5. The summed E-state index contributed by atoms with van der Waals surface area (Å²) in [7, 11) is 4.40. The average Bonchev–Trinajstić information content (AvgIpc) is 3.37. The van der Waals surface area contributed by atoms with Crippen molar-refractivity contribution in [3.63, 3.8) is 0 Å². The van der Waals surface area contributed by atoms with Crippen LogP contribution < -0.4 is 29.7 Å². The van der Waals surface area contributed by atoms with Gasteiger partial charge in [-0.1, -0.05) is 47.5 Å². The molecule has 10 nitrogen and oxygen atoms in total. The van der Waals surface area contributed by atoms with Gasteiger partial charge in [0.1, 0.15) is 5.70 Å². The molecule has 246 valence electrons. The van der Waals surface area contributed by atoms with Gasteiger partial charge in [-0.25, -0.2) is 4.90 Å². The number of imide groups is 1. The van der Waals surface area contributed by atoms with E-state index in [0.29, 0.717) is 49.7 Å². The third-order valence-electron chi connectivity index (χ3n) is 7.20. The number of rotatable bonds is 11. The van der Waals surface area contributed by atoms with E-state index >= 15 is 0 Å². The van der Waals surface area contributed by atoms with Gasteiger partial charge in [0.25, 0.3) is 11.8 Å². The van der Waals surface area contributed by atoms with Crippen LogP contribution in [0.2, 0.25) is 10.0 Å². The number of nitrogens with one attached hydrogen (secondary N) is 2. The molecule has 1 aliphatic rings. The van der Waals surface area contributed by atoms with E-state index in [9.17, 15) is 19.2 Å². The molecular weight excluding hydrogens is 677 g/mol. The largest absolute Gasteiger partial charge is 0.493 e. The van der Waals surface area contributed by atoms with Gasteiger partial charge >= 0.3 is 0 Å². The van der Waals surface area contributed by atoms with E-state index in [1.807, 2.05) is 0 Å². The number of hydrogen-bond donors (Lipinski definition) is 2. The Morgan fingerprint density at radius 1 is 0.854 bits per heavy atom. The highest BCUT2D eigenvalue weighted by molar-refractivity contribution is 8.00. The van der Waals surface area contributed by atoms with Crippen LogP contribution in [0.3, 0.4) is 0 Å². The number of carbonyl (C=O) groups excluding carboxylic acids is 4. The molecule has 13 heteroatoms. The Balaban J connectivity index is 1.39. The minimum atomic E-state index is -0.698. The summed E-state index contributed by atoms with van der Waals surface area (Å²) in [5.41, 5.74) is 1.43. The maximum absolute atomic E-state index is 13.7. The second-order valence-electron chi connectivity index (χ2n) is 10.3. The number of thioether (sulfide) groups is 1. The number of ether oxygens (including phenoxy) is 3. The van der Waals surface area contributed by atoms with Crippen LogP contribution in [0.1, 0.15) is 22.3 Å². The molecule has 2 N–H and O–H groups in total. The molecule has 0 radical (unpaired) electrons. The SMILES string of the molecule is COc1ccc(C=C(NC(=O)c2ccccc2)C(=O)Nc2cccc(SC3CC(=O)N(c4ccc(Cl)c(Cl)c4)C3=O)c2)c(OC)c1OC. The van der Waals surface area contributed by atoms with Crippen LogP contribution >= 0.6 is 35.0 Å². The highest BCUT2D eigenvalue weighted by Crippen LogP contribution is 2.41. The van der Waals surface area contributed by atoms with E-state index in [2.05, 4.69) is 10.6 Å². The van der Waals surface area contributed by atoms with Crippen molar-refractivity contribution in [1.82, 2.24) is 5.32 Å². The van der Waals surface area contributed by atoms with Gasteiger partial charge in [-0.15, -0.1) is 11.8 Å². The van der Waals surface area contributed by atoms with Gasteiger partial charge in [0.2, 0.25) is 17.6 Å². The van der Waals surface area contributed by atoms with Crippen molar-refractivity contribution >= 4 is 76.0 Å². The van der Waals surface area contributed by atoms with Crippen molar-refractivity contribution in [2.24, 2.45) is 0 Å². The molecule has 4 amide bonds. The molecule has 0 bridgehead atoms. The lowest BCUT2D eigenvalue weighted by Gasteiger charge is -2.16. The Morgan fingerprint density at radius 2 is 1.60 bits per heavy atom. The number of amides is 4. The van der Waals surface area contributed by atoms with Crippen molar-refractivity contribution in [3.8, 4) is 17.2 Å². The summed E-state index contributed by atoms with van der Waals surface area (Å²) in [6, 6.07) is 23.2. The molecule has 1 aliphatic heterocycles. The van der Waals surface area contributed by atoms with Gasteiger partial charge in [-0.3, -0.25) is 19.2 Å². The van der Waals surface area contributed by atoms with Crippen molar-refractivity contribution in [2.45, 2.75) is 16.6 Å². The summed E-state index contributed by atoms with van der Waals surface area (Å²) < 4.78 is 16.4. The molecule has 0 saturated carbocycles. The maximum atomic E-state index is 13.7. The minimum Gasteiger partial charge on any atom is -0.493 e. The van der Waals surface area contributed by atoms with Crippen molar-refractivity contribution in [1.29, 1.82) is 0 Å². The normalized spacial score (nSPS) is 14.5. The van der Waals surface area contributed by atoms with Crippen LogP contribution in [0.15, 0.2) is 95.5 Å². The molecule has 1 atom stereocenters. The summed E-state index contributed by atoms with van der Waals surface area (Å²) in [6.07, 6.45) is 1.45. The lowest BCUT2D eigenvalue weighted by molar-refractivity contribution is -0.121. The van der Waals surface area contributed by atoms with Crippen LogP contribution in [0, 0.1) is 0 Å². The number of methoxy groups -OCH3 is 3. The highest BCUT2D eigenvalue weighted by Gasteiger charge is 2.40. The predicted molar refractivity (Wildman–Crippen MR) is 186 cm³/mol. The smallest absolute Gasteiger partial charge is 0.272 e. The second-order valence-corrected chi connectivity index (χ2v) is 12.4. The van der Waals surface area contributed by atoms with Gasteiger partial charge in [-0.05, 0) is 66.7 Å². The number of carbonyl (C=O) groups is 4. The number of benzene rings is 4. The summed E-state index contributed by atoms with van der Waals surface area (Å²) >= 11 is 13.3. The fourth-order valence-electron chi connectivity index (χ4n) is 4.94. The number of nitrogens with zero attached hydrogens (tertiary/aromatic N) is 1. The predicted octanol–water partition coefficient (Wildman–Crippen LogP) is 6.85. The van der Waals surface area contributed by atoms with Gasteiger partial charge in [0.15, 0.2) is 11.5 Å². The number of hydrogen-bond acceptors (Lipinski definition) is 8. The second kappa shape index (κ2) is 15.3.